The van der Waals surface area contributed by atoms with Crippen molar-refractivity contribution in [3.63, 3.8) is 0 Å². The Kier molecular flexibility index (Phi) is 4.36. The van der Waals surface area contributed by atoms with Crippen molar-refractivity contribution in [3.8, 4) is 0 Å². The van der Waals surface area contributed by atoms with E-state index in [1.807, 2.05) is 0 Å². The lowest BCUT2D eigenvalue weighted by Crippen LogP contribution is -2.17. The van der Waals surface area contributed by atoms with E-state index in [9.17, 15) is 13.2 Å². The standard InChI is InChI=1S/C10H12ClNO4S/c1-2-17(15,16)6-12-9-5-7(11)3-4-8(9)10(13)14/h3-5,12H,2,6H2,1H3,(H,13,14). The summed E-state index contributed by atoms with van der Waals surface area (Å²) in [7, 11) is -3.22. The maximum Gasteiger partial charge on any atom is 0.337 e. The number of sulfone groups is 1. The van der Waals surface area contributed by atoms with Crippen molar-refractivity contribution >= 4 is 33.1 Å². The Morgan fingerprint density at radius 3 is 2.65 bits per heavy atom. The Morgan fingerprint density at radius 2 is 2.12 bits per heavy atom. The monoisotopic (exact) mass is 277 g/mol. The molecule has 0 amide bonds. The van der Waals surface area contributed by atoms with Crippen LogP contribution in [-0.2, 0) is 9.84 Å². The highest BCUT2D eigenvalue weighted by atomic mass is 35.5. The van der Waals surface area contributed by atoms with E-state index in [4.69, 9.17) is 16.7 Å². The third kappa shape index (κ3) is 3.90. The Hall–Kier alpha value is -1.27. The van der Waals surface area contributed by atoms with Crippen LogP contribution in [0, 0.1) is 0 Å². The van der Waals surface area contributed by atoms with Gasteiger partial charge in [0.15, 0.2) is 9.84 Å². The molecule has 94 valence electrons. The summed E-state index contributed by atoms with van der Waals surface area (Å²) < 4.78 is 22.6. The summed E-state index contributed by atoms with van der Waals surface area (Å²) in [6.45, 7) is 1.52. The van der Waals surface area contributed by atoms with Crippen molar-refractivity contribution in [1.82, 2.24) is 0 Å². The molecular weight excluding hydrogens is 266 g/mol. The second-order valence-electron chi connectivity index (χ2n) is 3.35. The van der Waals surface area contributed by atoms with Gasteiger partial charge < -0.3 is 10.4 Å². The van der Waals surface area contributed by atoms with Gasteiger partial charge in [-0.15, -0.1) is 0 Å². The van der Waals surface area contributed by atoms with E-state index in [0.29, 0.717) is 5.02 Å². The Labute approximate surface area is 104 Å². The summed E-state index contributed by atoms with van der Waals surface area (Å²) in [6, 6.07) is 4.15. The second kappa shape index (κ2) is 5.37. The molecule has 0 spiro atoms. The van der Waals surface area contributed by atoms with Gasteiger partial charge in [0.1, 0.15) is 5.88 Å². The van der Waals surface area contributed by atoms with Crippen LogP contribution in [-0.4, -0.2) is 31.1 Å². The summed E-state index contributed by atoms with van der Waals surface area (Å²) in [5.74, 6) is -1.47. The summed E-state index contributed by atoms with van der Waals surface area (Å²) in [6.07, 6.45) is 0. The molecule has 17 heavy (non-hydrogen) atoms. The van der Waals surface area contributed by atoms with Crippen LogP contribution < -0.4 is 5.32 Å². The largest absolute Gasteiger partial charge is 0.478 e. The second-order valence-corrected chi connectivity index (χ2v) is 6.14. The molecule has 0 fully saturated rings. The van der Waals surface area contributed by atoms with Gasteiger partial charge in [-0.2, -0.15) is 0 Å². The number of carbonyl (C=O) groups is 1. The minimum Gasteiger partial charge on any atom is -0.478 e. The predicted molar refractivity (Wildman–Crippen MR) is 66.4 cm³/mol. The van der Waals surface area contributed by atoms with E-state index in [0.717, 1.165) is 0 Å². The number of halogens is 1. The van der Waals surface area contributed by atoms with Crippen LogP contribution in [0.25, 0.3) is 0 Å². The summed E-state index contributed by atoms with van der Waals surface area (Å²) in [5.41, 5.74) is 0.183. The van der Waals surface area contributed by atoms with Gasteiger partial charge >= 0.3 is 5.97 Å². The molecule has 0 aliphatic heterocycles. The first-order chi connectivity index (χ1) is 7.85. The third-order valence-electron chi connectivity index (χ3n) is 2.13. The molecule has 0 atom stereocenters. The van der Waals surface area contributed by atoms with Crippen LogP contribution in [0.4, 0.5) is 5.69 Å². The molecule has 0 heterocycles. The molecule has 0 aliphatic carbocycles. The maximum absolute atomic E-state index is 11.3. The van der Waals surface area contributed by atoms with Gasteiger partial charge in [0, 0.05) is 10.8 Å². The zero-order valence-electron chi connectivity index (χ0n) is 9.10. The number of aromatic carboxylic acids is 1. The van der Waals surface area contributed by atoms with Crippen LogP contribution in [0.1, 0.15) is 17.3 Å². The average Bonchev–Trinajstić information content (AvgIpc) is 2.26. The number of hydrogen-bond donors (Lipinski definition) is 2. The number of carboxylic acid groups (broad SMARTS) is 1. The van der Waals surface area contributed by atoms with Crippen LogP contribution in [0.5, 0.6) is 0 Å². The van der Waals surface area contributed by atoms with Gasteiger partial charge in [-0.1, -0.05) is 18.5 Å². The zero-order valence-corrected chi connectivity index (χ0v) is 10.7. The molecule has 7 heteroatoms. The predicted octanol–water partition coefficient (Wildman–Crippen LogP) is 1.84. The van der Waals surface area contributed by atoms with E-state index in [2.05, 4.69) is 5.32 Å². The molecule has 0 radical (unpaired) electrons. The molecule has 0 saturated carbocycles. The maximum atomic E-state index is 11.3. The van der Waals surface area contributed by atoms with Gasteiger partial charge in [-0.25, -0.2) is 13.2 Å². The molecule has 0 bridgehead atoms. The van der Waals surface area contributed by atoms with Crippen LogP contribution in [0.2, 0.25) is 5.02 Å². The van der Waals surface area contributed by atoms with E-state index < -0.39 is 15.8 Å². The van der Waals surface area contributed by atoms with Crippen molar-refractivity contribution in [2.24, 2.45) is 0 Å². The minimum atomic E-state index is -3.22. The lowest BCUT2D eigenvalue weighted by molar-refractivity contribution is 0.0698. The smallest absolute Gasteiger partial charge is 0.337 e. The van der Waals surface area contributed by atoms with E-state index in [1.165, 1.54) is 25.1 Å². The fraction of sp³-hybridized carbons (Fsp3) is 0.300. The van der Waals surface area contributed by atoms with Crippen molar-refractivity contribution in [3.05, 3.63) is 28.8 Å². The van der Waals surface area contributed by atoms with Crippen molar-refractivity contribution in [2.75, 3.05) is 16.9 Å². The number of benzene rings is 1. The fourth-order valence-corrected chi connectivity index (χ4v) is 1.89. The van der Waals surface area contributed by atoms with Gasteiger partial charge in [-0.05, 0) is 18.2 Å². The topological polar surface area (TPSA) is 83.5 Å². The third-order valence-corrected chi connectivity index (χ3v) is 3.83. The van der Waals surface area contributed by atoms with E-state index >= 15 is 0 Å². The Balaban J connectivity index is 2.97. The van der Waals surface area contributed by atoms with Crippen LogP contribution >= 0.6 is 11.6 Å². The highest BCUT2D eigenvalue weighted by Crippen LogP contribution is 2.21. The lowest BCUT2D eigenvalue weighted by Gasteiger charge is -2.09. The first-order valence-corrected chi connectivity index (χ1v) is 7.03. The van der Waals surface area contributed by atoms with Crippen molar-refractivity contribution in [1.29, 1.82) is 0 Å². The Morgan fingerprint density at radius 1 is 1.47 bits per heavy atom. The molecule has 2 N–H and O–H groups in total. The first kappa shape index (κ1) is 13.8. The molecule has 1 rings (SSSR count). The van der Waals surface area contributed by atoms with E-state index in [1.54, 1.807) is 0 Å². The van der Waals surface area contributed by atoms with Gasteiger partial charge in [0.25, 0.3) is 0 Å². The number of carboxylic acids is 1. The van der Waals surface area contributed by atoms with Crippen LogP contribution in [0.3, 0.4) is 0 Å². The van der Waals surface area contributed by atoms with Crippen molar-refractivity contribution < 1.29 is 18.3 Å². The fourth-order valence-electron chi connectivity index (χ4n) is 1.14. The molecule has 0 aromatic heterocycles. The van der Waals surface area contributed by atoms with Gasteiger partial charge in [-0.3, -0.25) is 0 Å². The summed E-state index contributed by atoms with van der Waals surface area (Å²) in [5, 5.41) is 11.8. The SMILES string of the molecule is CCS(=O)(=O)CNc1cc(Cl)ccc1C(=O)O. The van der Waals surface area contributed by atoms with Crippen LogP contribution in [0.15, 0.2) is 18.2 Å². The minimum absolute atomic E-state index is 0.0109. The number of hydrogen-bond acceptors (Lipinski definition) is 4. The first-order valence-electron chi connectivity index (χ1n) is 4.83. The number of nitrogens with one attached hydrogen (secondary N) is 1. The lowest BCUT2D eigenvalue weighted by atomic mass is 10.2. The molecule has 1 aromatic carbocycles. The van der Waals surface area contributed by atoms with Gasteiger partial charge in [0.05, 0.1) is 11.3 Å². The molecule has 5 nitrogen and oxygen atoms in total. The van der Waals surface area contributed by atoms with Gasteiger partial charge in [0.2, 0.25) is 0 Å². The number of rotatable bonds is 5. The summed E-state index contributed by atoms with van der Waals surface area (Å²) in [4.78, 5) is 10.9. The molecule has 0 unspecified atom stereocenters. The van der Waals surface area contributed by atoms with Crippen molar-refractivity contribution in [2.45, 2.75) is 6.92 Å². The molecular formula is C10H12ClNO4S. The highest BCUT2D eigenvalue weighted by molar-refractivity contribution is 7.91. The molecule has 0 saturated heterocycles. The zero-order chi connectivity index (χ0) is 13.1. The highest BCUT2D eigenvalue weighted by Gasteiger charge is 2.13. The summed E-state index contributed by atoms with van der Waals surface area (Å²) >= 11 is 5.72. The molecule has 0 aliphatic rings. The normalized spacial score (nSPS) is 11.2. The quantitative estimate of drug-likeness (QED) is 0.858. The average molecular weight is 278 g/mol. The Bertz CT molecular complexity index is 527. The van der Waals surface area contributed by atoms with E-state index in [-0.39, 0.29) is 22.9 Å². The number of anilines is 1. The molecule has 1 aromatic rings.